The summed E-state index contributed by atoms with van der Waals surface area (Å²) in [5.74, 6) is 0.443. The lowest BCUT2D eigenvalue weighted by Gasteiger charge is -2.27. The predicted molar refractivity (Wildman–Crippen MR) is 98.2 cm³/mol. The van der Waals surface area contributed by atoms with Crippen molar-refractivity contribution in [1.82, 2.24) is 9.97 Å². The Bertz CT molecular complexity index is 979. The van der Waals surface area contributed by atoms with Gasteiger partial charge in [-0.15, -0.1) is 0 Å². The smallest absolute Gasteiger partial charge is 0.152 e. The summed E-state index contributed by atoms with van der Waals surface area (Å²) < 4.78 is 0. The van der Waals surface area contributed by atoms with Gasteiger partial charge >= 0.3 is 0 Å². The van der Waals surface area contributed by atoms with Gasteiger partial charge in [0.25, 0.3) is 0 Å². The quantitative estimate of drug-likeness (QED) is 0.565. The van der Waals surface area contributed by atoms with E-state index in [1.807, 2.05) is 43.3 Å². The van der Waals surface area contributed by atoms with Crippen LogP contribution < -0.4 is 4.90 Å². The standard InChI is InChI=1S/C20H18N4O/c1-13(24-11-10-14-6-2-5-9-18(14)24)19(25)15(12-21)20-22-16-7-3-4-8-17(16)23-20/h2-9,13,25H,10-11H2,1H3,(H,22,23)/b19-15-/t13-/m1/s1. The average Bonchev–Trinajstić information content (AvgIpc) is 3.25. The van der Waals surface area contributed by atoms with Crippen LogP contribution in [-0.4, -0.2) is 27.7 Å². The van der Waals surface area contributed by atoms with Gasteiger partial charge in [-0.1, -0.05) is 30.3 Å². The molecule has 0 aliphatic carbocycles. The molecule has 25 heavy (non-hydrogen) atoms. The van der Waals surface area contributed by atoms with Crippen molar-refractivity contribution in [3.63, 3.8) is 0 Å². The maximum atomic E-state index is 10.8. The Morgan fingerprint density at radius 2 is 2.00 bits per heavy atom. The molecule has 2 aromatic carbocycles. The van der Waals surface area contributed by atoms with Gasteiger partial charge in [-0.05, 0) is 37.1 Å². The van der Waals surface area contributed by atoms with Gasteiger partial charge in [0.15, 0.2) is 5.82 Å². The molecule has 0 spiro atoms. The number of H-pyrrole nitrogens is 1. The first-order valence-electron chi connectivity index (χ1n) is 8.32. The molecule has 5 heteroatoms. The summed E-state index contributed by atoms with van der Waals surface area (Å²) in [7, 11) is 0. The SMILES string of the molecule is C[C@H](/C(O)=C(\C#N)c1nc2ccccc2[nH]1)N1CCc2ccccc21. The van der Waals surface area contributed by atoms with E-state index >= 15 is 0 Å². The summed E-state index contributed by atoms with van der Waals surface area (Å²) in [6.45, 7) is 2.74. The molecule has 0 saturated heterocycles. The van der Waals surface area contributed by atoms with Crippen molar-refractivity contribution in [2.24, 2.45) is 0 Å². The molecule has 2 N–H and O–H groups in total. The highest BCUT2D eigenvalue weighted by atomic mass is 16.3. The number of hydrogen-bond donors (Lipinski definition) is 2. The minimum absolute atomic E-state index is 0.0401. The Morgan fingerprint density at radius 3 is 2.80 bits per heavy atom. The van der Waals surface area contributed by atoms with Crippen LogP contribution in [0, 0.1) is 11.3 Å². The normalized spacial score (nSPS) is 15.6. The van der Waals surface area contributed by atoms with Crippen LogP contribution in [0.2, 0.25) is 0 Å². The first-order valence-corrected chi connectivity index (χ1v) is 8.32. The lowest BCUT2D eigenvalue weighted by molar-refractivity contribution is 0.371. The molecule has 1 atom stereocenters. The van der Waals surface area contributed by atoms with Gasteiger partial charge in [0.1, 0.15) is 17.4 Å². The number of rotatable bonds is 3. The molecule has 1 aromatic heterocycles. The van der Waals surface area contributed by atoms with Gasteiger partial charge in [0, 0.05) is 12.2 Å². The van der Waals surface area contributed by atoms with E-state index in [2.05, 4.69) is 33.1 Å². The number of aromatic amines is 1. The minimum atomic E-state index is -0.300. The molecule has 0 saturated carbocycles. The average molecular weight is 330 g/mol. The second-order valence-corrected chi connectivity index (χ2v) is 6.22. The molecule has 0 fully saturated rings. The van der Waals surface area contributed by atoms with Gasteiger partial charge in [-0.2, -0.15) is 5.26 Å². The predicted octanol–water partition coefficient (Wildman–Crippen LogP) is 3.81. The number of fused-ring (bicyclic) bond motifs is 2. The fourth-order valence-electron chi connectivity index (χ4n) is 3.43. The van der Waals surface area contributed by atoms with Gasteiger partial charge in [-0.3, -0.25) is 0 Å². The Balaban J connectivity index is 1.74. The van der Waals surface area contributed by atoms with Crippen molar-refractivity contribution < 1.29 is 5.11 Å². The van der Waals surface area contributed by atoms with Gasteiger partial charge in [0.2, 0.25) is 0 Å². The fourth-order valence-corrected chi connectivity index (χ4v) is 3.43. The van der Waals surface area contributed by atoms with Crippen molar-refractivity contribution in [3.8, 4) is 6.07 Å². The number of nitrogens with zero attached hydrogens (tertiary/aromatic N) is 3. The molecule has 0 amide bonds. The number of aliphatic hydroxyl groups excluding tert-OH is 1. The van der Waals surface area contributed by atoms with Crippen LogP contribution in [0.4, 0.5) is 5.69 Å². The topological polar surface area (TPSA) is 75.9 Å². The number of benzene rings is 2. The third kappa shape index (κ3) is 2.52. The summed E-state index contributed by atoms with van der Waals surface area (Å²) in [5.41, 5.74) is 4.19. The van der Waals surface area contributed by atoms with Crippen LogP contribution in [0.1, 0.15) is 18.3 Å². The Hall–Kier alpha value is -3.26. The molecule has 0 radical (unpaired) electrons. The van der Waals surface area contributed by atoms with Crippen LogP contribution >= 0.6 is 0 Å². The van der Waals surface area contributed by atoms with E-state index in [0.29, 0.717) is 5.82 Å². The molecular weight excluding hydrogens is 312 g/mol. The molecule has 2 heterocycles. The number of nitriles is 1. The molecule has 1 aliphatic heterocycles. The van der Waals surface area contributed by atoms with Crippen molar-refractivity contribution in [3.05, 3.63) is 65.7 Å². The molecule has 0 bridgehead atoms. The van der Waals surface area contributed by atoms with Crippen LogP contribution in [0.5, 0.6) is 0 Å². The second kappa shape index (κ2) is 5.99. The van der Waals surface area contributed by atoms with Crippen LogP contribution in [0.3, 0.4) is 0 Å². The van der Waals surface area contributed by atoms with Crippen molar-refractivity contribution >= 4 is 22.3 Å². The molecule has 0 unspecified atom stereocenters. The largest absolute Gasteiger partial charge is 0.509 e. The zero-order valence-electron chi connectivity index (χ0n) is 13.9. The van der Waals surface area contributed by atoms with Gasteiger partial charge in [-0.25, -0.2) is 4.98 Å². The Morgan fingerprint density at radius 1 is 1.24 bits per heavy atom. The van der Waals surface area contributed by atoms with Gasteiger partial charge < -0.3 is 15.0 Å². The number of aromatic nitrogens is 2. The van der Waals surface area contributed by atoms with Crippen LogP contribution in [-0.2, 0) is 6.42 Å². The zero-order valence-corrected chi connectivity index (χ0v) is 13.9. The Kier molecular flexibility index (Phi) is 3.66. The molecule has 4 rings (SSSR count). The molecule has 3 aromatic rings. The van der Waals surface area contributed by atoms with Gasteiger partial charge in [0.05, 0.1) is 17.1 Å². The highest BCUT2D eigenvalue weighted by Crippen LogP contribution is 2.32. The number of hydrogen-bond acceptors (Lipinski definition) is 4. The number of anilines is 1. The highest BCUT2D eigenvalue weighted by molar-refractivity contribution is 5.83. The Labute approximate surface area is 145 Å². The zero-order chi connectivity index (χ0) is 17.4. The van der Waals surface area contributed by atoms with E-state index in [1.54, 1.807) is 0 Å². The van der Waals surface area contributed by atoms with Crippen molar-refractivity contribution in [2.45, 2.75) is 19.4 Å². The molecular formula is C20H18N4O. The molecule has 1 aliphatic rings. The summed E-state index contributed by atoms with van der Waals surface area (Å²) in [6.07, 6.45) is 0.945. The van der Waals surface area contributed by atoms with E-state index < -0.39 is 0 Å². The van der Waals surface area contributed by atoms with Crippen LogP contribution in [0.25, 0.3) is 16.6 Å². The van der Waals surface area contributed by atoms with Crippen LogP contribution in [0.15, 0.2) is 54.3 Å². The number of para-hydroxylation sites is 3. The van der Waals surface area contributed by atoms with Crippen molar-refractivity contribution in [2.75, 3.05) is 11.4 Å². The van der Waals surface area contributed by atoms with E-state index in [9.17, 15) is 10.4 Å². The van der Waals surface area contributed by atoms with E-state index in [4.69, 9.17) is 0 Å². The molecule has 124 valence electrons. The second-order valence-electron chi connectivity index (χ2n) is 6.22. The third-order valence-corrected chi connectivity index (χ3v) is 4.78. The summed E-state index contributed by atoms with van der Waals surface area (Å²) in [6, 6.07) is 17.6. The van der Waals surface area contributed by atoms with E-state index in [-0.39, 0.29) is 17.4 Å². The summed E-state index contributed by atoms with van der Waals surface area (Å²) in [5, 5.41) is 20.4. The maximum absolute atomic E-state index is 10.8. The first-order chi connectivity index (χ1) is 12.2. The molecule has 5 nitrogen and oxygen atoms in total. The minimum Gasteiger partial charge on any atom is -0.509 e. The monoisotopic (exact) mass is 330 g/mol. The number of aliphatic hydroxyl groups is 1. The summed E-state index contributed by atoms with van der Waals surface area (Å²) in [4.78, 5) is 9.70. The van der Waals surface area contributed by atoms with E-state index in [1.165, 1.54) is 5.56 Å². The number of imidazole rings is 1. The lowest BCUT2D eigenvalue weighted by atomic mass is 10.1. The van der Waals surface area contributed by atoms with E-state index in [0.717, 1.165) is 29.7 Å². The maximum Gasteiger partial charge on any atom is 0.152 e. The summed E-state index contributed by atoms with van der Waals surface area (Å²) >= 11 is 0. The fraction of sp³-hybridized carbons (Fsp3) is 0.200. The number of nitrogens with one attached hydrogen (secondary N) is 1. The first kappa shape index (κ1) is 15.3. The third-order valence-electron chi connectivity index (χ3n) is 4.78. The highest BCUT2D eigenvalue weighted by Gasteiger charge is 2.28. The number of allylic oxidation sites excluding steroid dienone is 1. The van der Waals surface area contributed by atoms with Crippen molar-refractivity contribution in [1.29, 1.82) is 5.26 Å². The lowest BCUT2D eigenvalue weighted by Crippen LogP contribution is -2.33.